The maximum atomic E-state index is 11.7. The van der Waals surface area contributed by atoms with E-state index in [-0.39, 0.29) is 16.7 Å². The number of rotatable bonds is 6. The van der Waals surface area contributed by atoms with Crippen molar-refractivity contribution in [2.24, 2.45) is 0 Å². The van der Waals surface area contributed by atoms with Crippen LogP contribution in [0.15, 0.2) is 40.0 Å². The molecule has 1 aliphatic heterocycles. The van der Waals surface area contributed by atoms with E-state index in [0.29, 0.717) is 41.9 Å². The van der Waals surface area contributed by atoms with Gasteiger partial charge in [-0.15, -0.1) is 0 Å². The molecular formula is C22H25N7O3S. The van der Waals surface area contributed by atoms with Gasteiger partial charge in [0, 0.05) is 36.9 Å². The van der Waals surface area contributed by atoms with E-state index in [9.17, 15) is 13.7 Å². The second-order valence-electron chi connectivity index (χ2n) is 8.36. The van der Waals surface area contributed by atoms with E-state index in [2.05, 4.69) is 36.4 Å². The Kier molecular flexibility index (Phi) is 6.29. The largest absolute Gasteiger partial charge is 0.355 e. The molecule has 0 unspecified atom stereocenters. The van der Waals surface area contributed by atoms with E-state index in [1.807, 2.05) is 13.8 Å². The van der Waals surface area contributed by atoms with E-state index < -0.39 is 9.84 Å². The first kappa shape index (κ1) is 22.7. The van der Waals surface area contributed by atoms with Crippen LogP contribution in [0.2, 0.25) is 0 Å². The highest BCUT2D eigenvalue weighted by Crippen LogP contribution is 2.32. The summed E-state index contributed by atoms with van der Waals surface area (Å²) in [5.74, 6) is 2.72. The molecule has 0 spiro atoms. The minimum absolute atomic E-state index is 0.180. The molecule has 10 nitrogen and oxygen atoms in total. The maximum absolute atomic E-state index is 11.7. The molecule has 11 heteroatoms. The summed E-state index contributed by atoms with van der Waals surface area (Å²) < 4.78 is 28.8. The molecule has 1 N–H and O–H groups in total. The predicted molar refractivity (Wildman–Crippen MR) is 122 cm³/mol. The fraction of sp³-hybridized carbons (Fsp3) is 0.409. The molecule has 33 heavy (non-hydrogen) atoms. The summed E-state index contributed by atoms with van der Waals surface area (Å²) in [4.78, 5) is 15.4. The molecule has 1 aromatic carbocycles. The highest BCUT2D eigenvalue weighted by atomic mass is 32.2. The van der Waals surface area contributed by atoms with Gasteiger partial charge >= 0.3 is 0 Å². The quantitative estimate of drug-likeness (QED) is 0.574. The van der Waals surface area contributed by atoms with E-state index in [4.69, 9.17) is 4.52 Å². The molecule has 1 fully saturated rings. The Labute approximate surface area is 192 Å². The average molecular weight is 468 g/mol. The summed E-state index contributed by atoms with van der Waals surface area (Å²) in [5, 5.41) is 17.0. The Morgan fingerprint density at radius 3 is 2.45 bits per heavy atom. The van der Waals surface area contributed by atoms with Crippen molar-refractivity contribution in [1.29, 1.82) is 5.26 Å². The van der Waals surface area contributed by atoms with Crippen molar-refractivity contribution in [3.63, 3.8) is 0 Å². The lowest BCUT2D eigenvalue weighted by Crippen LogP contribution is -2.34. The van der Waals surface area contributed by atoms with E-state index in [1.165, 1.54) is 18.5 Å². The number of nitrogens with one attached hydrogen (secondary N) is 1. The lowest BCUT2D eigenvalue weighted by atomic mass is 9.96. The average Bonchev–Trinajstić information content (AvgIpc) is 3.30. The number of benzene rings is 1. The zero-order valence-corrected chi connectivity index (χ0v) is 19.5. The van der Waals surface area contributed by atoms with Gasteiger partial charge in [-0.2, -0.15) is 10.2 Å². The first-order chi connectivity index (χ1) is 15.8. The fourth-order valence-electron chi connectivity index (χ4n) is 3.72. The van der Waals surface area contributed by atoms with Crippen molar-refractivity contribution in [1.82, 2.24) is 20.1 Å². The molecule has 3 aromatic rings. The van der Waals surface area contributed by atoms with Crippen molar-refractivity contribution >= 4 is 27.2 Å². The molecule has 0 saturated carbocycles. The molecule has 0 atom stereocenters. The Morgan fingerprint density at radius 2 is 1.88 bits per heavy atom. The second-order valence-corrected chi connectivity index (χ2v) is 10.4. The van der Waals surface area contributed by atoms with Crippen LogP contribution < -0.4 is 10.2 Å². The highest BCUT2D eigenvalue weighted by Gasteiger charge is 2.28. The van der Waals surface area contributed by atoms with Gasteiger partial charge in [0.15, 0.2) is 27.3 Å². The molecular weight excluding hydrogens is 442 g/mol. The molecule has 172 valence electrons. The summed E-state index contributed by atoms with van der Waals surface area (Å²) in [6.45, 7) is 5.44. The van der Waals surface area contributed by atoms with Gasteiger partial charge in [-0.1, -0.05) is 19.0 Å². The third-order valence-corrected chi connectivity index (χ3v) is 6.73. The van der Waals surface area contributed by atoms with Gasteiger partial charge < -0.3 is 14.7 Å². The number of nitrogens with zero attached hydrogens (tertiary/aromatic N) is 6. The topological polar surface area (TPSA) is 138 Å². The van der Waals surface area contributed by atoms with E-state index in [0.717, 1.165) is 24.9 Å². The zero-order valence-electron chi connectivity index (χ0n) is 18.7. The molecule has 2 aromatic heterocycles. The first-order valence-corrected chi connectivity index (χ1v) is 12.6. The molecule has 0 radical (unpaired) electrons. The zero-order chi connectivity index (χ0) is 23.6. The first-order valence-electron chi connectivity index (χ1n) is 10.7. The number of nitriles is 1. The van der Waals surface area contributed by atoms with Crippen LogP contribution in [-0.2, 0) is 9.84 Å². The van der Waals surface area contributed by atoms with Crippen molar-refractivity contribution in [2.45, 2.75) is 43.4 Å². The van der Waals surface area contributed by atoms with Crippen molar-refractivity contribution in [3.8, 4) is 6.07 Å². The minimum atomic E-state index is -3.28. The van der Waals surface area contributed by atoms with Crippen LogP contribution >= 0.6 is 0 Å². The van der Waals surface area contributed by atoms with Crippen LogP contribution in [0.4, 0.5) is 17.3 Å². The number of anilines is 3. The summed E-state index contributed by atoms with van der Waals surface area (Å²) in [7, 11) is -3.28. The summed E-state index contributed by atoms with van der Waals surface area (Å²) in [5.41, 5.74) is 0.961. The number of hydrogen-bond acceptors (Lipinski definition) is 10. The highest BCUT2D eigenvalue weighted by molar-refractivity contribution is 7.90. The third-order valence-electron chi connectivity index (χ3n) is 5.60. The second kappa shape index (κ2) is 9.15. The summed E-state index contributed by atoms with van der Waals surface area (Å²) in [6, 6.07) is 8.51. The van der Waals surface area contributed by atoms with Crippen LogP contribution in [-0.4, -0.2) is 47.9 Å². The Bertz CT molecular complexity index is 1270. The summed E-state index contributed by atoms with van der Waals surface area (Å²) in [6.07, 6.45) is 4.20. The van der Waals surface area contributed by atoms with Crippen LogP contribution in [0.25, 0.3) is 0 Å². The van der Waals surface area contributed by atoms with Crippen LogP contribution in [0.1, 0.15) is 55.8 Å². The Hall–Kier alpha value is -3.52. The standard InChI is InChI=1S/C22H25N7O3S/c1-14(2)19-27-22(32-28-19)15-8-10-29(11-9-15)21-18(12-23)20(24-13-25-21)26-16-4-6-17(7-5-16)33(3,30)31/h4-7,13-15H,8-11H2,1-3H3,(H,24,25,26). The van der Waals surface area contributed by atoms with Gasteiger partial charge in [-0.3, -0.25) is 0 Å². The minimum Gasteiger partial charge on any atom is -0.355 e. The van der Waals surface area contributed by atoms with Gasteiger partial charge in [0.1, 0.15) is 18.0 Å². The van der Waals surface area contributed by atoms with E-state index >= 15 is 0 Å². The molecule has 0 aliphatic carbocycles. The lowest BCUT2D eigenvalue weighted by molar-refractivity contribution is 0.325. The number of hydrogen-bond donors (Lipinski definition) is 1. The molecule has 4 rings (SSSR count). The van der Waals surface area contributed by atoms with Crippen LogP contribution in [0.3, 0.4) is 0 Å². The van der Waals surface area contributed by atoms with Gasteiger partial charge in [-0.25, -0.2) is 18.4 Å². The predicted octanol–water partition coefficient (Wildman–Crippen LogP) is 3.39. The van der Waals surface area contributed by atoms with Crippen LogP contribution in [0, 0.1) is 11.3 Å². The SMILES string of the molecule is CC(C)c1noc(C2CCN(c3ncnc(Nc4ccc(S(C)(=O)=O)cc4)c3C#N)CC2)n1. The maximum Gasteiger partial charge on any atom is 0.229 e. The third kappa shape index (κ3) is 4.96. The molecule has 0 bridgehead atoms. The molecule has 1 aliphatic rings. The Balaban J connectivity index is 1.49. The van der Waals surface area contributed by atoms with Gasteiger partial charge in [-0.05, 0) is 37.1 Å². The summed E-state index contributed by atoms with van der Waals surface area (Å²) >= 11 is 0. The molecule has 0 amide bonds. The monoisotopic (exact) mass is 467 g/mol. The number of aromatic nitrogens is 4. The van der Waals surface area contributed by atoms with E-state index in [1.54, 1.807) is 12.1 Å². The number of piperidine rings is 1. The number of sulfone groups is 1. The van der Waals surface area contributed by atoms with Gasteiger partial charge in [0.2, 0.25) is 5.89 Å². The van der Waals surface area contributed by atoms with Gasteiger partial charge in [0.25, 0.3) is 0 Å². The normalized spacial score (nSPS) is 14.9. The van der Waals surface area contributed by atoms with Crippen molar-refractivity contribution < 1.29 is 12.9 Å². The molecule has 3 heterocycles. The lowest BCUT2D eigenvalue weighted by Gasteiger charge is -2.31. The Morgan fingerprint density at radius 1 is 1.18 bits per heavy atom. The van der Waals surface area contributed by atoms with Crippen LogP contribution in [0.5, 0.6) is 0 Å². The van der Waals surface area contributed by atoms with Gasteiger partial charge in [0.05, 0.1) is 4.90 Å². The fourth-order valence-corrected chi connectivity index (χ4v) is 4.35. The van der Waals surface area contributed by atoms with Crippen molar-refractivity contribution in [3.05, 3.63) is 47.9 Å². The van der Waals surface area contributed by atoms with Crippen molar-refractivity contribution in [2.75, 3.05) is 29.6 Å². The smallest absolute Gasteiger partial charge is 0.229 e. The molecule has 1 saturated heterocycles.